The second-order valence-corrected chi connectivity index (χ2v) is 10.7. The first-order valence-electron chi connectivity index (χ1n) is 11.3. The summed E-state index contributed by atoms with van der Waals surface area (Å²) >= 11 is 5.88. The minimum Gasteiger partial charge on any atom is -0.494 e. The summed E-state index contributed by atoms with van der Waals surface area (Å²) in [6, 6.07) is 7.04. The van der Waals surface area contributed by atoms with E-state index in [2.05, 4.69) is 29.9 Å². The summed E-state index contributed by atoms with van der Waals surface area (Å²) in [5, 5.41) is 7.65. The number of aromatic nitrogens is 6. The third-order valence-electron chi connectivity index (χ3n) is 5.72. The van der Waals surface area contributed by atoms with Gasteiger partial charge in [0.15, 0.2) is 11.6 Å². The molecule has 0 aliphatic rings. The normalized spacial score (nSPS) is 13.1. The van der Waals surface area contributed by atoms with Gasteiger partial charge in [0.05, 0.1) is 19.2 Å². The fraction of sp³-hybridized carbons (Fsp3) is 0.292. The second kappa shape index (κ2) is 11.3. The highest BCUT2D eigenvalue weighted by Crippen LogP contribution is 2.38. The van der Waals surface area contributed by atoms with E-state index in [1.165, 1.54) is 45.2 Å². The van der Waals surface area contributed by atoms with Gasteiger partial charge in [0.25, 0.3) is 0 Å². The molecule has 3 aromatic heterocycles. The maximum absolute atomic E-state index is 13.6. The monoisotopic (exact) mass is 559 g/mol. The number of ether oxygens (including phenoxy) is 3. The van der Waals surface area contributed by atoms with Gasteiger partial charge in [-0.15, -0.1) is 10.2 Å². The van der Waals surface area contributed by atoms with Crippen molar-refractivity contribution in [2.75, 3.05) is 26.1 Å². The summed E-state index contributed by atoms with van der Waals surface area (Å²) in [4.78, 5) is 12.5. The van der Waals surface area contributed by atoms with E-state index < -0.39 is 21.4 Å². The van der Waals surface area contributed by atoms with Gasteiger partial charge >= 0.3 is 0 Å². The van der Waals surface area contributed by atoms with Crippen molar-refractivity contribution in [3.8, 4) is 28.6 Å². The molecule has 4 rings (SSSR count). The Kier molecular flexibility index (Phi) is 8.09. The molecule has 0 bridgehead atoms. The third kappa shape index (κ3) is 5.39. The highest BCUT2D eigenvalue weighted by atomic mass is 35.5. The molecule has 0 aliphatic carbocycles. The first kappa shape index (κ1) is 27.2. The molecule has 4 aromatic rings. The van der Waals surface area contributed by atoms with Crippen LogP contribution in [0, 0.1) is 6.92 Å². The predicted molar refractivity (Wildman–Crippen MR) is 141 cm³/mol. The highest BCUT2D eigenvalue weighted by Gasteiger charge is 2.35. The van der Waals surface area contributed by atoms with Crippen LogP contribution in [-0.2, 0) is 14.8 Å². The van der Waals surface area contributed by atoms with Crippen molar-refractivity contribution >= 4 is 27.6 Å². The van der Waals surface area contributed by atoms with Crippen molar-refractivity contribution in [3.63, 3.8) is 0 Å². The number of pyridine rings is 1. The Morgan fingerprint density at radius 1 is 1.00 bits per heavy atom. The Balaban J connectivity index is 1.84. The zero-order valence-electron chi connectivity index (χ0n) is 21.3. The fourth-order valence-electron chi connectivity index (χ4n) is 3.84. The molecule has 38 heavy (non-hydrogen) atoms. The summed E-state index contributed by atoms with van der Waals surface area (Å²) in [6.07, 6.45) is 5.05. The lowest BCUT2D eigenvalue weighted by Crippen LogP contribution is -2.33. The van der Waals surface area contributed by atoms with Crippen LogP contribution in [0.2, 0.25) is 5.02 Å². The summed E-state index contributed by atoms with van der Waals surface area (Å²) in [5.41, 5.74) is 1.88. The number of para-hydroxylation sites is 1. The van der Waals surface area contributed by atoms with Crippen LogP contribution in [0.15, 0.2) is 49.1 Å². The van der Waals surface area contributed by atoms with Gasteiger partial charge in [-0.2, -0.15) is 0 Å². The topological polar surface area (TPSA) is 143 Å². The van der Waals surface area contributed by atoms with Crippen molar-refractivity contribution < 1.29 is 22.6 Å². The third-order valence-corrected chi connectivity index (χ3v) is 7.61. The maximum atomic E-state index is 13.6. The van der Waals surface area contributed by atoms with Gasteiger partial charge in [0, 0.05) is 37.5 Å². The molecule has 0 unspecified atom stereocenters. The van der Waals surface area contributed by atoms with Crippen molar-refractivity contribution in [1.82, 2.24) is 29.7 Å². The largest absolute Gasteiger partial charge is 0.494 e. The number of halogens is 1. The van der Waals surface area contributed by atoms with Gasteiger partial charge in [-0.1, -0.05) is 17.7 Å². The zero-order chi connectivity index (χ0) is 27.4. The predicted octanol–water partition coefficient (Wildman–Crippen LogP) is 3.62. The number of nitrogens with one attached hydrogen (secondary N) is 1. The summed E-state index contributed by atoms with van der Waals surface area (Å²) in [6.45, 7) is 3.36. The van der Waals surface area contributed by atoms with Crippen LogP contribution in [0.25, 0.3) is 17.1 Å². The molecule has 1 aromatic carbocycles. The molecule has 200 valence electrons. The Morgan fingerprint density at radius 3 is 2.24 bits per heavy atom. The number of nitrogens with zero attached hydrogens (tertiary/aromatic N) is 6. The number of benzene rings is 1. The summed E-state index contributed by atoms with van der Waals surface area (Å²) < 4.78 is 47.9. The zero-order valence-corrected chi connectivity index (χ0v) is 22.9. The Morgan fingerprint density at radius 2 is 1.66 bits per heavy atom. The molecular weight excluding hydrogens is 534 g/mol. The molecule has 14 heteroatoms. The minimum atomic E-state index is -4.14. The Labute approximate surface area is 225 Å². The van der Waals surface area contributed by atoms with Crippen molar-refractivity contribution in [2.24, 2.45) is 0 Å². The fourth-order valence-corrected chi connectivity index (χ4v) is 5.07. The number of hydrogen-bond acceptors (Lipinski definition) is 10. The number of rotatable bonds is 10. The molecule has 0 radical (unpaired) electrons. The van der Waals surface area contributed by atoms with E-state index in [4.69, 9.17) is 25.8 Å². The van der Waals surface area contributed by atoms with Crippen LogP contribution >= 0.6 is 11.6 Å². The molecule has 12 nitrogen and oxygen atoms in total. The van der Waals surface area contributed by atoms with Gasteiger partial charge < -0.3 is 14.2 Å². The maximum Gasteiger partial charge on any atom is 0.243 e. The molecular formula is C24H26ClN7O5S. The first-order valence-corrected chi connectivity index (χ1v) is 13.2. The molecule has 0 spiro atoms. The number of aryl methyl sites for hydroxylation is 1. The molecule has 0 fully saturated rings. The van der Waals surface area contributed by atoms with Crippen molar-refractivity contribution in [2.45, 2.75) is 25.2 Å². The number of hydrogen-bond donors (Lipinski definition) is 1. The van der Waals surface area contributed by atoms with Crippen LogP contribution < -0.4 is 14.2 Å². The van der Waals surface area contributed by atoms with E-state index in [0.29, 0.717) is 33.6 Å². The molecule has 0 aliphatic heterocycles. The van der Waals surface area contributed by atoms with E-state index in [9.17, 15) is 8.42 Å². The Bertz CT molecular complexity index is 1510. The smallest absolute Gasteiger partial charge is 0.243 e. The standard InChI is InChI=1S/C24H26ClN7O5S/c1-14-9-16(11-26-10-14)23-29-30-24(32(23)20-18(35-3)7-6-8-19(20)36-4)31-38(33,34)15(2)21(37-5)22-27-12-17(25)13-28-22/h6-13,15,21H,1-5H3,(H,30,31)/t15-,21+/m1/s1. The average Bonchev–Trinajstić information content (AvgIpc) is 3.31. The second-order valence-electron chi connectivity index (χ2n) is 8.21. The SMILES string of the molecule is COc1cccc(OC)c1-n1c(NS(=O)(=O)[C@H](C)[C@H](OC)c2ncc(Cl)cn2)nnc1-c1cncc(C)c1. The number of methoxy groups -OCH3 is 3. The molecule has 0 saturated carbocycles. The quantitative estimate of drug-likeness (QED) is 0.306. The molecule has 0 amide bonds. The first-order chi connectivity index (χ1) is 18.2. The van der Waals surface area contributed by atoms with Gasteiger partial charge in [0.2, 0.25) is 16.0 Å². The van der Waals surface area contributed by atoms with E-state index in [1.807, 2.05) is 13.0 Å². The van der Waals surface area contributed by atoms with E-state index in [0.717, 1.165) is 5.56 Å². The lowest BCUT2D eigenvalue weighted by molar-refractivity contribution is 0.0950. The minimum absolute atomic E-state index is 0.0944. The van der Waals surface area contributed by atoms with Gasteiger partial charge in [-0.05, 0) is 37.6 Å². The van der Waals surface area contributed by atoms with Crippen LogP contribution in [-0.4, -0.2) is 64.7 Å². The molecule has 2 atom stereocenters. The molecule has 1 N–H and O–H groups in total. The van der Waals surface area contributed by atoms with Crippen LogP contribution in [0.4, 0.5) is 5.95 Å². The summed E-state index contributed by atoms with van der Waals surface area (Å²) in [7, 11) is 0.232. The molecule has 0 saturated heterocycles. The summed E-state index contributed by atoms with van der Waals surface area (Å²) in [5.74, 6) is 1.20. The number of anilines is 1. The van der Waals surface area contributed by atoms with Gasteiger partial charge in [-0.25, -0.2) is 18.4 Å². The molecule has 3 heterocycles. The lowest BCUT2D eigenvalue weighted by atomic mass is 10.2. The van der Waals surface area contributed by atoms with Crippen LogP contribution in [0.1, 0.15) is 24.4 Å². The van der Waals surface area contributed by atoms with Crippen molar-refractivity contribution in [1.29, 1.82) is 0 Å². The van der Waals surface area contributed by atoms with Gasteiger partial charge in [0.1, 0.15) is 28.5 Å². The van der Waals surface area contributed by atoms with E-state index >= 15 is 0 Å². The Hall–Kier alpha value is -3.81. The number of sulfonamides is 1. The van der Waals surface area contributed by atoms with Gasteiger partial charge in [-0.3, -0.25) is 14.3 Å². The van der Waals surface area contributed by atoms with E-state index in [1.54, 1.807) is 30.6 Å². The highest BCUT2D eigenvalue weighted by molar-refractivity contribution is 7.93. The average molecular weight is 560 g/mol. The van der Waals surface area contributed by atoms with Crippen molar-refractivity contribution in [3.05, 3.63) is 65.5 Å². The van der Waals surface area contributed by atoms with Crippen LogP contribution in [0.3, 0.4) is 0 Å². The lowest BCUT2D eigenvalue weighted by Gasteiger charge is -2.22. The van der Waals surface area contributed by atoms with E-state index in [-0.39, 0.29) is 11.8 Å². The van der Waals surface area contributed by atoms with Crippen LogP contribution in [0.5, 0.6) is 11.5 Å².